The van der Waals surface area contributed by atoms with E-state index in [2.05, 4.69) is 5.32 Å². The number of hydrogen-bond donors (Lipinski definition) is 1. The van der Waals surface area contributed by atoms with Crippen LogP contribution in [-0.4, -0.2) is 46.9 Å². The van der Waals surface area contributed by atoms with Crippen LogP contribution in [-0.2, 0) is 24.4 Å². The summed E-state index contributed by atoms with van der Waals surface area (Å²) in [5.74, 6) is 0. The van der Waals surface area contributed by atoms with E-state index in [0.717, 1.165) is 15.9 Å². The highest BCUT2D eigenvalue weighted by Gasteiger charge is 2.29. The van der Waals surface area contributed by atoms with Gasteiger partial charge in [-0.1, -0.05) is 0 Å². The van der Waals surface area contributed by atoms with Crippen LogP contribution < -0.4 is 16.6 Å². The van der Waals surface area contributed by atoms with Crippen LogP contribution in [0.2, 0.25) is 0 Å². The van der Waals surface area contributed by atoms with Crippen LogP contribution in [0.25, 0.3) is 10.2 Å². The predicted molar refractivity (Wildman–Crippen MR) is 96.7 cm³/mol. The number of carbonyl (C=O) groups is 1. The summed E-state index contributed by atoms with van der Waals surface area (Å²) in [5.41, 5.74) is -1.68. The average molecular weight is 402 g/mol. The normalized spacial score (nSPS) is 14.6. The SMILES string of the molecule is CCn1c(=O)c2c(C(F)F)c(CN3CCNC3=O)sc2n(CCOC)c1=O. The van der Waals surface area contributed by atoms with Crippen LogP contribution >= 0.6 is 11.3 Å². The molecule has 1 fully saturated rings. The lowest BCUT2D eigenvalue weighted by molar-refractivity contribution is 0.151. The van der Waals surface area contributed by atoms with Crippen molar-refractivity contribution in [2.45, 2.75) is 33.0 Å². The summed E-state index contributed by atoms with van der Waals surface area (Å²) in [6.07, 6.45) is -2.90. The number of halogens is 2. The molecule has 0 radical (unpaired) electrons. The fourth-order valence-electron chi connectivity index (χ4n) is 3.17. The molecule has 2 aromatic rings. The van der Waals surface area contributed by atoms with Crippen LogP contribution in [0.15, 0.2) is 9.59 Å². The lowest BCUT2D eigenvalue weighted by Gasteiger charge is -2.13. The van der Waals surface area contributed by atoms with E-state index in [0.29, 0.717) is 13.1 Å². The Morgan fingerprint density at radius 1 is 1.26 bits per heavy atom. The van der Waals surface area contributed by atoms with Crippen LogP contribution in [0, 0.1) is 0 Å². The van der Waals surface area contributed by atoms with Gasteiger partial charge in [0.1, 0.15) is 4.83 Å². The second-order valence-corrected chi connectivity index (χ2v) is 7.13. The molecule has 0 aliphatic carbocycles. The van der Waals surface area contributed by atoms with Gasteiger partial charge in [0.2, 0.25) is 0 Å². The van der Waals surface area contributed by atoms with E-state index in [1.807, 2.05) is 0 Å². The molecular weight excluding hydrogens is 382 g/mol. The second-order valence-electron chi connectivity index (χ2n) is 6.05. The zero-order chi connectivity index (χ0) is 19.7. The van der Waals surface area contributed by atoms with E-state index in [1.54, 1.807) is 6.92 Å². The molecule has 1 aliphatic rings. The number of amides is 2. The molecule has 0 unspecified atom stereocenters. The van der Waals surface area contributed by atoms with Crippen LogP contribution in [0.4, 0.5) is 13.6 Å². The molecule has 8 nitrogen and oxygen atoms in total. The van der Waals surface area contributed by atoms with Crippen molar-refractivity contribution in [3.05, 3.63) is 31.3 Å². The molecule has 148 valence electrons. The monoisotopic (exact) mass is 402 g/mol. The largest absolute Gasteiger partial charge is 0.383 e. The Bertz CT molecular complexity index is 981. The number of urea groups is 1. The van der Waals surface area contributed by atoms with Gasteiger partial charge < -0.3 is 15.0 Å². The molecule has 0 atom stereocenters. The van der Waals surface area contributed by atoms with Gasteiger partial charge in [-0.25, -0.2) is 18.4 Å². The Labute approximate surface area is 156 Å². The van der Waals surface area contributed by atoms with Crippen LogP contribution in [0.3, 0.4) is 0 Å². The first kappa shape index (κ1) is 19.5. The topological polar surface area (TPSA) is 85.6 Å². The number of carbonyl (C=O) groups excluding carboxylic acids is 1. The van der Waals surface area contributed by atoms with Crippen molar-refractivity contribution in [2.75, 3.05) is 26.8 Å². The number of fused-ring (bicyclic) bond motifs is 1. The number of rotatable bonds is 7. The van der Waals surface area contributed by atoms with Crippen LogP contribution in [0.1, 0.15) is 23.8 Å². The molecule has 2 amide bonds. The van der Waals surface area contributed by atoms with Gasteiger partial charge in [-0.05, 0) is 6.92 Å². The maximum Gasteiger partial charge on any atom is 0.332 e. The van der Waals surface area contributed by atoms with Crippen molar-refractivity contribution < 1.29 is 18.3 Å². The van der Waals surface area contributed by atoms with E-state index in [9.17, 15) is 23.2 Å². The van der Waals surface area contributed by atoms with Gasteiger partial charge in [0.05, 0.1) is 25.1 Å². The van der Waals surface area contributed by atoms with E-state index in [4.69, 9.17) is 4.74 Å². The van der Waals surface area contributed by atoms with Crippen molar-refractivity contribution in [3.8, 4) is 0 Å². The number of nitrogens with zero attached hydrogens (tertiary/aromatic N) is 3. The summed E-state index contributed by atoms with van der Waals surface area (Å²) in [6, 6.07) is -0.338. The standard InChI is InChI=1S/C16H20F2N4O4S/c1-3-21-13(23)11-10(12(17)18)9(8-20-5-4-19-15(20)24)27-14(11)22(16(21)25)6-7-26-2/h12H,3-8H2,1-2H3,(H,19,24). The zero-order valence-corrected chi connectivity index (χ0v) is 15.8. The quantitative estimate of drug-likeness (QED) is 0.758. The van der Waals surface area contributed by atoms with Gasteiger partial charge in [-0.3, -0.25) is 13.9 Å². The highest BCUT2D eigenvalue weighted by molar-refractivity contribution is 7.18. The smallest absolute Gasteiger partial charge is 0.332 e. The van der Waals surface area contributed by atoms with E-state index >= 15 is 0 Å². The van der Waals surface area contributed by atoms with Gasteiger partial charge in [-0.2, -0.15) is 0 Å². The van der Waals surface area contributed by atoms with Crippen molar-refractivity contribution in [2.24, 2.45) is 0 Å². The zero-order valence-electron chi connectivity index (χ0n) is 15.0. The number of thiophene rings is 1. The minimum atomic E-state index is -2.90. The Kier molecular flexibility index (Phi) is 5.61. The molecule has 2 aromatic heterocycles. The molecule has 1 saturated heterocycles. The maximum atomic E-state index is 13.9. The number of nitrogens with one attached hydrogen (secondary N) is 1. The molecule has 0 saturated carbocycles. The van der Waals surface area contributed by atoms with Crippen molar-refractivity contribution in [3.63, 3.8) is 0 Å². The lowest BCUT2D eigenvalue weighted by Crippen LogP contribution is -2.40. The Hall–Kier alpha value is -2.27. The summed E-state index contributed by atoms with van der Waals surface area (Å²) in [7, 11) is 1.47. The number of aromatic nitrogens is 2. The third kappa shape index (κ3) is 3.36. The van der Waals surface area contributed by atoms with Crippen molar-refractivity contribution >= 4 is 27.6 Å². The molecule has 1 N–H and O–H groups in total. The highest BCUT2D eigenvalue weighted by atomic mass is 32.1. The van der Waals surface area contributed by atoms with Gasteiger partial charge in [0, 0.05) is 37.2 Å². The Morgan fingerprint density at radius 2 is 2.00 bits per heavy atom. The van der Waals surface area contributed by atoms with Gasteiger partial charge in [-0.15, -0.1) is 11.3 Å². The molecular formula is C16H20F2N4O4S. The number of ether oxygens (including phenoxy) is 1. The molecule has 0 spiro atoms. The summed E-state index contributed by atoms with van der Waals surface area (Å²) in [6.45, 7) is 2.82. The number of methoxy groups -OCH3 is 1. The molecule has 27 heavy (non-hydrogen) atoms. The van der Waals surface area contributed by atoms with E-state index < -0.39 is 23.2 Å². The minimum Gasteiger partial charge on any atom is -0.383 e. The molecule has 0 bridgehead atoms. The third-order valence-corrected chi connectivity index (χ3v) is 5.72. The van der Waals surface area contributed by atoms with E-state index in [1.165, 1.54) is 16.6 Å². The maximum absolute atomic E-state index is 13.9. The molecule has 0 aromatic carbocycles. The van der Waals surface area contributed by atoms with Gasteiger partial charge in [0.25, 0.3) is 12.0 Å². The first-order valence-electron chi connectivity index (χ1n) is 8.49. The predicted octanol–water partition coefficient (Wildman–Crippen LogP) is 1.35. The third-order valence-electron chi connectivity index (χ3n) is 4.50. The first-order valence-corrected chi connectivity index (χ1v) is 9.31. The van der Waals surface area contributed by atoms with Crippen LogP contribution in [0.5, 0.6) is 0 Å². The summed E-state index contributed by atoms with van der Waals surface area (Å²) < 4.78 is 35.0. The average Bonchev–Trinajstić information content (AvgIpc) is 3.19. The van der Waals surface area contributed by atoms with Crippen molar-refractivity contribution in [1.29, 1.82) is 0 Å². The number of alkyl halides is 2. The summed E-state index contributed by atoms with van der Waals surface area (Å²) in [5, 5.41) is 2.47. The summed E-state index contributed by atoms with van der Waals surface area (Å²) >= 11 is 0.958. The Morgan fingerprint density at radius 3 is 2.56 bits per heavy atom. The molecule has 3 heterocycles. The minimum absolute atomic E-state index is 0.0329. The first-order chi connectivity index (χ1) is 12.9. The highest BCUT2D eigenvalue weighted by Crippen LogP contribution is 2.36. The van der Waals surface area contributed by atoms with Crippen molar-refractivity contribution in [1.82, 2.24) is 19.4 Å². The van der Waals surface area contributed by atoms with E-state index in [-0.39, 0.29) is 47.4 Å². The Balaban J connectivity index is 2.27. The fraction of sp³-hybridized carbons (Fsp3) is 0.562. The molecule has 3 rings (SSSR count). The summed E-state index contributed by atoms with van der Waals surface area (Å²) in [4.78, 5) is 39.0. The lowest BCUT2D eigenvalue weighted by atomic mass is 10.2. The molecule has 11 heteroatoms. The van der Waals surface area contributed by atoms with Gasteiger partial charge in [0.15, 0.2) is 0 Å². The second kappa shape index (κ2) is 7.77. The van der Waals surface area contributed by atoms with Gasteiger partial charge >= 0.3 is 11.7 Å². The fourth-order valence-corrected chi connectivity index (χ4v) is 4.50. The molecule has 1 aliphatic heterocycles. The number of hydrogen-bond acceptors (Lipinski definition) is 5.